The van der Waals surface area contributed by atoms with Gasteiger partial charge in [0.05, 0.1) is 11.4 Å². The molecule has 0 aromatic heterocycles. The van der Waals surface area contributed by atoms with Gasteiger partial charge in [-0.2, -0.15) is 0 Å². The fourth-order valence-electron chi connectivity index (χ4n) is 2.88. The van der Waals surface area contributed by atoms with Gasteiger partial charge in [-0.25, -0.2) is 0 Å². The lowest BCUT2D eigenvalue weighted by molar-refractivity contribution is -0.147. The highest BCUT2D eigenvalue weighted by Crippen LogP contribution is 2.32. The number of ether oxygens (including phenoxy) is 2. The van der Waals surface area contributed by atoms with Crippen molar-refractivity contribution in [2.75, 3.05) is 17.2 Å². The van der Waals surface area contributed by atoms with E-state index in [1.165, 1.54) is 0 Å². The molecule has 0 saturated carbocycles. The molecule has 0 atom stereocenters. The van der Waals surface area contributed by atoms with Gasteiger partial charge in [0, 0.05) is 27.8 Å². The lowest BCUT2D eigenvalue weighted by Gasteiger charge is -2.10. The number of carbonyl (C=O) groups excluding carboxylic acids is 3. The van der Waals surface area contributed by atoms with Gasteiger partial charge in [-0.3, -0.25) is 14.4 Å². The third-order valence-corrected chi connectivity index (χ3v) is 5.66. The topological polar surface area (TPSA) is 93.7 Å². The Morgan fingerprint density at radius 1 is 0.829 bits per heavy atom. The summed E-state index contributed by atoms with van der Waals surface area (Å²) in [6.45, 7) is 1.30. The molecule has 35 heavy (non-hydrogen) atoms. The molecule has 0 radical (unpaired) electrons. The number of hydrogen-bond acceptors (Lipinski definition) is 5. The van der Waals surface area contributed by atoms with Crippen molar-refractivity contribution in [2.24, 2.45) is 0 Å². The first-order valence-electron chi connectivity index (χ1n) is 10.4. The second kappa shape index (κ2) is 12.4. The van der Waals surface area contributed by atoms with Gasteiger partial charge >= 0.3 is 5.97 Å². The van der Waals surface area contributed by atoms with Crippen molar-refractivity contribution in [1.82, 2.24) is 0 Å². The van der Waals surface area contributed by atoms with E-state index in [4.69, 9.17) is 44.3 Å². The van der Waals surface area contributed by atoms with Crippen LogP contribution < -0.4 is 15.4 Å². The number of hydrogen-bond donors (Lipinski definition) is 2. The molecule has 7 nitrogen and oxygen atoms in total. The van der Waals surface area contributed by atoms with Crippen LogP contribution in [0.3, 0.4) is 0 Å². The molecular formula is C25H21Cl3N2O5. The number of halogens is 3. The Morgan fingerprint density at radius 2 is 1.57 bits per heavy atom. The number of benzene rings is 3. The predicted molar refractivity (Wildman–Crippen MR) is 137 cm³/mol. The smallest absolute Gasteiger partial charge is 0.306 e. The number of esters is 1. The molecule has 3 aromatic carbocycles. The number of nitrogens with one attached hydrogen (secondary N) is 2. The Balaban J connectivity index is 1.39. The monoisotopic (exact) mass is 534 g/mol. The van der Waals surface area contributed by atoms with Crippen LogP contribution in [-0.4, -0.2) is 24.4 Å². The van der Waals surface area contributed by atoms with Gasteiger partial charge in [0.15, 0.2) is 6.61 Å². The second-order valence-corrected chi connectivity index (χ2v) is 8.62. The number of rotatable bonds is 9. The van der Waals surface area contributed by atoms with Crippen LogP contribution in [0.2, 0.25) is 15.1 Å². The maximum atomic E-state index is 12.1. The minimum absolute atomic E-state index is 0.105. The zero-order chi connectivity index (χ0) is 25.4. The predicted octanol–water partition coefficient (Wildman–Crippen LogP) is 6.65. The van der Waals surface area contributed by atoms with Crippen molar-refractivity contribution in [3.8, 4) is 11.5 Å². The summed E-state index contributed by atoms with van der Waals surface area (Å²) in [6, 6.07) is 16.6. The van der Waals surface area contributed by atoms with E-state index in [1.54, 1.807) is 67.6 Å². The first-order valence-corrected chi connectivity index (χ1v) is 11.6. The molecule has 0 bridgehead atoms. The Hall–Kier alpha value is -3.26. The quantitative estimate of drug-likeness (QED) is 0.299. The van der Waals surface area contributed by atoms with Gasteiger partial charge in [0.1, 0.15) is 11.5 Å². The molecule has 0 aliphatic heterocycles. The lowest BCUT2D eigenvalue weighted by atomic mass is 10.2. The van der Waals surface area contributed by atoms with Crippen molar-refractivity contribution in [2.45, 2.75) is 19.8 Å². The summed E-state index contributed by atoms with van der Waals surface area (Å²) in [5.74, 6) is -0.586. The number of amides is 2. The average Bonchev–Trinajstić information content (AvgIpc) is 2.82. The number of anilines is 2. The molecule has 10 heteroatoms. The summed E-state index contributed by atoms with van der Waals surface area (Å²) < 4.78 is 10.6. The summed E-state index contributed by atoms with van der Waals surface area (Å²) in [5, 5.41) is 6.69. The van der Waals surface area contributed by atoms with Crippen LogP contribution >= 0.6 is 34.8 Å². The summed E-state index contributed by atoms with van der Waals surface area (Å²) in [7, 11) is 0. The van der Waals surface area contributed by atoms with Crippen LogP contribution in [0.5, 0.6) is 11.5 Å². The van der Waals surface area contributed by atoms with Gasteiger partial charge in [-0.1, -0.05) is 40.9 Å². The molecule has 0 fully saturated rings. The van der Waals surface area contributed by atoms with E-state index in [0.717, 1.165) is 0 Å². The average molecular weight is 536 g/mol. The van der Waals surface area contributed by atoms with E-state index in [9.17, 15) is 14.4 Å². The van der Waals surface area contributed by atoms with Crippen LogP contribution in [-0.2, 0) is 19.1 Å². The molecule has 0 heterocycles. The Bertz CT molecular complexity index is 1230. The molecule has 0 spiro atoms. The highest BCUT2D eigenvalue weighted by atomic mass is 35.5. The van der Waals surface area contributed by atoms with E-state index in [2.05, 4.69) is 10.6 Å². The molecule has 2 N–H and O–H groups in total. The van der Waals surface area contributed by atoms with Gasteiger partial charge in [-0.15, -0.1) is 0 Å². The van der Waals surface area contributed by atoms with Gasteiger partial charge in [-0.05, 0) is 67.1 Å². The van der Waals surface area contributed by atoms with Crippen LogP contribution in [0.1, 0.15) is 18.4 Å². The van der Waals surface area contributed by atoms with E-state index >= 15 is 0 Å². The Labute approximate surface area is 217 Å². The highest BCUT2D eigenvalue weighted by molar-refractivity contribution is 6.35. The first-order chi connectivity index (χ1) is 16.7. The van der Waals surface area contributed by atoms with E-state index in [0.29, 0.717) is 43.5 Å². The van der Waals surface area contributed by atoms with Crippen molar-refractivity contribution >= 4 is 64.0 Å². The minimum atomic E-state index is -0.665. The largest absolute Gasteiger partial charge is 0.456 e. The van der Waals surface area contributed by atoms with Crippen molar-refractivity contribution in [3.63, 3.8) is 0 Å². The zero-order valence-corrected chi connectivity index (χ0v) is 20.8. The third-order valence-electron chi connectivity index (χ3n) is 4.72. The summed E-state index contributed by atoms with van der Waals surface area (Å²) in [4.78, 5) is 36.1. The number of carbonyl (C=O) groups is 3. The summed E-state index contributed by atoms with van der Waals surface area (Å²) in [5.41, 5.74) is 1.76. The van der Waals surface area contributed by atoms with Crippen molar-refractivity contribution in [3.05, 3.63) is 81.3 Å². The molecule has 0 aliphatic rings. The van der Waals surface area contributed by atoms with E-state index < -0.39 is 18.5 Å². The van der Waals surface area contributed by atoms with Crippen molar-refractivity contribution < 1.29 is 23.9 Å². The van der Waals surface area contributed by atoms with Crippen LogP contribution in [0, 0.1) is 6.92 Å². The molecule has 0 saturated heterocycles. The highest BCUT2D eigenvalue weighted by Gasteiger charge is 2.12. The maximum Gasteiger partial charge on any atom is 0.306 e. The molecule has 3 rings (SSSR count). The van der Waals surface area contributed by atoms with E-state index in [1.807, 2.05) is 0 Å². The normalized spacial score (nSPS) is 10.4. The fraction of sp³-hybridized carbons (Fsp3) is 0.160. The summed E-state index contributed by atoms with van der Waals surface area (Å²) >= 11 is 18.0. The van der Waals surface area contributed by atoms with Gasteiger partial charge < -0.3 is 20.1 Å². The molecule has 0 unspecified atom stereocenters. The third kappa shape index (κ3) is 8.17. The Kier molecular flexibility index (Phi) is 9.37. The molecule has 0 aliphatic carbocycles. The van der Waals surface area contributed by atoms with Crippen LogP contribution in [0.25, 0.3) is 0 Å². The van der Waals surface area contributed by atoms with Crippen LogP contribution in [0.4, 0.5) is 11.4 Å². The molecule has 2 amide bonds. The lowest BCUT2D eigenvalue weighted by Crippen LogP contribution is -2.22. The van der Waals surface area contributed by atoms with Gasteiger partial charge in [0.2, 0.25) is 5.91 Å². The summed E-state index contributed by atoms with van der Waals surface area (Å²) in [6.07, 6.45) is -0.280. The maximum absolute atomic E-state index is 12.1. The Morgan fingerprint density at radius 3 is 2.29 bits per heavy atom. The molecule has 3 aromatic rings. The minimum Gasteiger partial charge on any atom is -0.456 e. The van der Waals surface area contributed by atoms with E-state index in [-0.39, 0.29) is 18.7 Å². The molecule has 182 valence electrons. The van der Waals surface area contributed by atoms with Crippen molar-refractivity contribution in [1.29, 1.82) is 0 Å². The molecular weight excluding hydrogens is 515 g/mol. The fourth-order valence-corrected chi connectivity index (χ4v) is 3.50. The SMILES string of the molecule is Cc1c(Cl)cccc1NC(=O)COC(=O)CCC(=O)Nc1ccc(Oc2ccc(Cl)cc2Cl)cc1. The zero-order valence-electron chi connectivity index (χ0n) is 18.6. The second-order valence-electron chi connectivity index (χ2n) is 7.37. The van der Waals surface area contributed by atoms with Crippen LogP contribution in [0.15, 0.2) is 60.7 Å². The first kappa shape index (κ1) is 26.3. The standard InChI is InChI=1S/C25H21Cl3N2O5/c1-15-19(27)3-2-4-21(15)30-24(32)14-34-25(33)12-11-23(31)29-17-6-8-18(9-7-17)35-22-10-5-16(26)13-20(22)28/h2-10,13H,11-12,14H2,1H3,(H,29,31)(H,30,32). The van der Waals surface area contributed by atoms with Gasteiger partial charge in [0.25, 0.3) is 5.91 Å².